The molecular formula is C18H28N4O2. The number of rotatable bonds is 3. The van der Waals surface area contributed by atoms with Crippen LogP contribution in [0.5, 0.6) is 5.88 Å². The van der Waals surface area contributed by atoms with Gasteiger partial charge in [-0.15, -0.1) is 0 Å². The van der Waals surface area contributed by atoms with Crippen LogP contribution in [0.4, 0.5) is 5.95 Å². The van der Waals surface area contributed by atoms with Gasteiger partial charge < -0.3 is 14.5 Å². The molecule has 1 atom stereocenters. The third-order valence-electron chi connectivity index (χ3n) is 5.40. The van der Waals surface area contributed by atoms with Gasteiger partial charge in [-0.3, -0.25) is 4.79 Å². The van der Waals surface area contributed by atoms with Crippen molar-refractivity contribution in [2.75, 3.05) is 31.6 Å². The highest BCUT2D eigenvalue weighted by Gasteiger charge is 2.33. The largest absolute Gasteiger partial charge is 0.481 e. The van der Waals surface area contributed by atoms with Gasteiger partial charge in [0.15, 0.2) is 0 Å². The predicted octanol–water partition coefficient (Wildman–Crippen LogP) is 2.49. The topological polar surface area (TPSA) is 58.6 Å². The molecule has 0 spiro atoms. The minimum atomic E-state index is 0.237. The molecule has 0 N–H and O–H groups in total. The van der Waals surface area contributed by atoms with Crippen LogP contribution in [0.25, 0.3) is 0 Å². The molecule has 6 nitrogen and oxygen atoms in total. The number of aromatic nitrogens is 2. The zero-order chi connectivity index (χ0) is 16.9. The molecule has 0 bridgehead atoms. The number of nitrogens with zero attached hydrogens (tertiary/aromatic N) is 4. The summed E-state index contributed by atoms with van der Waals surface area (Å²) in [5.74, 6) is 2.18. The van der Waals surface area contributed by atoms with E-state index < -0.39 is 0 Å². The first kappa shape index (κ1) is 17.0. The van der Waals surface area contributed by atoms with Crippen molar-refractivity contribution in [3.63, 3.8) is 0 Å². The number of likely N-dealkylation sites (tertiary alicyclic amines) is 1. The van der Waals surface area contributed by atoms with Gasteiger partial charge in [-0.25, -0.2) is 4.98 Å². The maximum Gasteiger partial charge on any atom is 0.228 e. The van der Waals surface area contributed by atoms with Crippen LogP contribution in [-0.2, 0) is 4.79 Å². The summed E-state index contributed by atoms with van der Waals surface area (Å²) in [5.41, 5.74) is 0. The molecule has 1 amide bonds. The number of hydrogen-bond acceptors (Lipinski definition) is 5. The van der Waals surface area contributed by atoms with Crippen molar-refractivity contribution in [3.05, 3.63) is 12.3 Å². The van der Waals surface area contributed by atoms with E-state index in [1.165, 1.54) is 12.8 Å². The summed E-state index contributed by atoms with van der Waals surface area (Å²) in [4.78, 5) is 25.2. The maximum absolute atomic E-state index is 12.0. The number of amides is 1. The fraction of sp³-hybridized carbons (Fsp3) is 0.722. The van der Waals surface area contributed by atoms with Gasteiger partial charge in [0.05, 0.1) is 7.11 Å². The number of methoxy groups -OCH3 is 1. The zero-order valence-corrected chi connectivity index (χ0v) is 14.8. The number of ether oxygens (including phenoxy) is 1. The van der Waals surface area contributed by atoms with E-state index in [-0.39, 0.29) is 5.91 Å². The smallest absolute Gasteiger partial charge is 0.228 e. The summed E-state index contributed by atoms with van der Waals surface area (Å²) < 4.78 is 5.19. The zero-order valence-electron chi connectivity index (χ0n) is 14.8. The van der Waals surface area contributed by atoms with Gasteiger partial charge in [-0.2, -0.15) is 4.98 Å². The molecule has 132 valence electrons. The quantitative estimate of drug-likeness (QED) is 0.851. The molecule has 24 heavy (non-hydrogen) atoms. The summed E-state index contributed by atoms with van der Waals surface area (Å²) >= 11 is 0. The number of piperidine rings is 1. The number of anilines is 1. The van der Waals surface area contributed by atoms with Crippen LogP contribution in [0.1, 0.15) is 45.4 Å². The Balaban J connectivity index is 1.64. The normalized spacial score (nSPS) is 23.0. The minimum Gasteiger partial charge on any atom is -0.481 e. The monoisotopic (exact) mass is 332 g/mol. The van der Waals surface area contributed by atoms with Crippen molar-refractivity contribution >= 4 is 11.9 Å². The van der Waals surface area contributed by atoms with Gasteiger partial charge in [-0.1, -0.05) is 12.8 Å². The first-order chi connectivity index (χ1) is 11.7. The van der Waals surface area contributed by atoms with Gasteiger partial charge in [0.25, 0.3) is 0 Å². The average molecular weight is 332 g/mol. The van der Waals surface area contributed by atoms with E-state index >= 15 is 0 Å². The van der Waals surface area contributed by atoms with E-state index in [1.54, 1.807) is 26.3 Å². The maximum atomic E-state index is 12.0. The molecule has 1 aromatic rings. The van der Waals surface area contributed by atoms with Crippen LogP contribution < -0.4 is 9.64 Å². The summed E-state index contributed by atoms with van der Waals surface area (Å²) in [7, 11) is 1.63. The second kappa shape index (κ2) is 7.81. The molecule has 0 radical (unpaired) electrons. The highest BCUT2D eigenvalue weighted by Crippen LogP contribution is 2.31. The Hall–Kier alpha value is -1.85. The molecule has 0 aromatic carbocycles. The van der Waals surface area contributed by atoms with Crippen LogP contribution >= 0.6 is 0 Å². The Bertz CT molecular complexity index is 558. The summed E-state index contributed by atoms with van der Waals surface area (Å²) in [6.07, 6.45) is 8.72. The Kier molecular flexibility index (Phi) is 5.53. The standard InChI is InChI=1S/C18H28N4O2/c1-14(23)22-11-5-3-4-6-16(22)15-8-12-21(13-9-15)18-19-10-7-17(20-18)24-2/h7,10,15-16H,3-6,8-9,11-13H2,1-2H3. The molecule has 3 rings (SSSR count). The molecule has 3 heterocycles. The fourth-order valence-electron chi connectivity index (χ4n) is 4.10. The molecule has 2 saturated heterocycles. The Labute approximate surface area is 144 Å². The first-order valence-electron chi connectivity index (χ1n) is 9.08. The number of carbonyl (C=O) groups excluding carboxylic acids is 1. The van der Waals surface area contributed by atoms with Crippen molar-refractivity contribution in [1.29, 1.82) is 0 Å². The van der Waals surface area contributed by atoms with Crippen molar-refractivity contribution in [3.8, 4) is 5.88 Å². The second-order valence-corrected chi connectivity index (χ2v) is 6.85. The number of carbonyl (C=O) groups is 1. The van der Waals surface area contributed by atoms with Gasteiger partial charge in [-0.05, 0) is 31.6 Å². The highest BCUT2D eigenvalue weighted by molar-refractivity contribution is 5.73. The van der Waals surface area contributed by atoms with Crippen LogP contribution in [0.3, 0.4) is 0 Å². The van der Waals surface area contributed by atoms with Crippen molar-refractivity contribution in [2.24, 2.45) is 5.92 Å². The molecule has 1 unspecified atom stereocenters. The average Bonchev–Trinajstić information content (AvgIpc) is 2.88. The predicted molar refractivity (Wildman–Crippen MR) is 93.2 cm³/mol. The van der Waals surface area contributed by atoms with Crippen LogP contribution in [0, 0.1) is 5.92 Å². The van der Waals surface area contributed by atoms with E-state index in [1.807, 2.05) is 0 Å². The van der Waals surface area contributed by atoms with Crippen molar-refractivity contribution < 1.29 is 9.53 Å². The number of hydrogen-bond donors (Lipinski definition) is 0. The third kappa shape index (κ3) is 3.79. The molecule has 2 aliphatic heterocycles. The summed E-state index contributed by atoms with van der Waals surface area (Å²) in [6, 6.07) is 2.19. The molecular weight excluding hydrogens is 304 g/mol. The molecule has 0 aliphatic carbocycles. The van der Waals surface area contributed by atoms with Crippen molar-refractivity contribution in [2.45, 2.75) is 51.5 Å². The summed E-state index contributed by atoms with van der Waals surface area (Å²) in [5, 5.41) is 0. The molecule has 2 aliphatic rings. The molecule has 6 heteroatoms. The second-order valence-electron chi connectivity index (χ2n) is 6.85. The van der Waals surface area contributed by atoms with Gasteiger partial charge >= 0.3 is 0 Å². The van der Waals surface area contributed by atoms with Crippen molar-refractivity contribution in [1.82, 2.24) is 14.9 Å². The van der Waals surface area contributed by atoms with Gasteiger partial charge in [0.1, 0.15) is 0 Å². The Morgan fingerprint density at radius 3 is 2.67 bits per heavy atom. The van der Waals surface area contributed by atoms with Crippen LogP contribution in [0.15, 0.2) is 12.3 Å². The third-order valence-corrected chi connectivity index (χ3v) is 5.40. The molecule has 0 saturated carbocycles. The minimum absolute atomic E-state index is 0.237. The van der Waals surface area contributed by atoms with E-state index in [0.717, 1.165) is 51.3 Å². The van der Waals surface area contributed by atoms with Crippen LogP contribution in [0.2, 0.25) is 0 Å². The fourth-order valence-corrected chi connectivity index (χ4v) is 4.10. The lowest BCUT2D eigenvalue weighted by atomic mass is 9.86. The Morgan fingerprint density at radius 2 is 1.96 bits per heavy atom. The lowest BCUT2D eigenvalue weighted by molar-refractivity contribution is -0.132. The van der Waals surface area contributed by atoms with E-state index in [0.29, 0.717) is 17.8 Å². The first-order valence-corrected chi connectivity index (χ1v) is 9.08. The highest BCUT2D eigenvalue weighted by atomic mass is 16.5. The Morgan fingerprint density at radius 1 is 1.17 bits per heavy atom. The SMILES string of the molecule is COc1ccnc(N2CCC(C3CCCCCN3C(C)=O)CC2)n1. The molecule has 1 aromatic heterocycles. The van der Waals surface area contributed by atoms with E-state index in [9.17, 15) is 4.79 Å². The van der Waals surface area contributed by atoms with Gasteiger partial charge in [0, 0.05) is 44.9 Å². The lowest BCUT2D eigenvalue weighted by Crippen LogP contribution is -2.47. The van der Waals surface area contributed by atoms with Gasteiger partial charge in [0.2, 0.25) is 17.7 Å². The van der Waals surface area contributed by atoms with Crippen LogP contribution in [-0.4, -0.2) is 53.6 Å². The lowest BCUT2D eigenvalue weighted by Gasteiger charge is -2.40. The van der Waals surface area contributed by atoms with E-state index in [2.05, 4.69) is 19.8 Å². The van der Waals surface area contributed by atoms with E-state index in [4.69, 9.17) is 4.74 Å². The summed E-state index contributed by atoms with van der Waals surface area (Å²) in [6.45, 7) is 4.54. The molecule has 2 fully saturated rings.